The van der Waals surface area contributed by atoms with Crippen molar-refractivity contribution in [1.29, 1.82) is 0 Å². The lowest BCUT2D eigenvalue weighted by Gasteiger charge is -2.05. The van der Waals surface area contributed by atoms with Crippen molar-refractivity contribution < 1.29 is 10.2 Å². The van der Waals surface area contributed by atoms with Crippen LogP contribution in [0.25, 0.3) is 24.3 Å². The third-order valence-corrected chi connectivity index (χ3v) is 4.33. The van der Waals surface area contributed by atoms with E-state index in [1.807, 2.05) is 72.8 Å². The van der Waals surface area contributed by atoms with E-state index in [0.29, 0.717) is 0 Å². The summed E-state index contributed by atoms with van der Waals surface area (Å²) in [5.41, 5.74) is 6.04. The first kappa shape index (κ1) is 17.9. The Morgan fingerprint density at radius 3 is 1.15 bits per heavy atom. The molecule has 0 aliphatic carbocycles. The van der Waals surface area contributed by atoms with E-state index in [4.69, 9.17) is 0 Å². The van der Waals surface area contributed by atoms with Gasteiger partial charge in [0.1, 0.15) is 0 Å². The molecule has 0 aliphatic rings. The summed E-state index contributed by atoms with van der Waals surface area (Å²) in [5.74, 6) is 0. The van der Waals surface area contributed by atoms with Crippen LogP contribution in [0.5, 0.6) is 0 Å². The molecule has 3 rings (SSSR count). The zero-order valence-electron chi connectivity index (χ0n) is 14.5. The number of aliphatic hydroxyl groups excluding tert-OH is 2. The lowest BCUT2D eigenvalue weighted by molar-refractivity contribution is 0.281. The Morgan fingerprint density at radius 2 is 0.769 bits per heavy atom. The fourth-order valence-electron chi connectivity index (χ4n) is 2.86. The second-order valence-corrected chi connectivity index (χ2v) is 6.01. The highest BCUT2D eigenvalue weighted by Crippen LogP contribution is 2.19. The molecule has 0 aliphatic heterocycles. The number of benzene rings is 3. The van der Waals surface area contributed by atoms with E-state index in [0.717, 1.165) is 33.4 Å². The van der Waals surface area contributed by atoms with E-state index in [9.17, 15) is 10.2 Å². The van der Waals surface area contributed by atoms with Crippen molar-refractivity contribution in [2.24, 2.45) is 0 Å². The second-order valence-electron chi connectivity index (χ2n) is 6.01. The standard InChI is InChI=1S/C24H22O2/c25-17-23-11-5-3-9-21(23)15-13-19-7-1-2-8-20(19)14-16-22-10-4-6-12-24(22)18-26/h1-16,25-26H,17-18H2/b15-13-,16-14-. The van der Waals surface area contributed by atoms with Gasteiger partial charge in [-0.3, -0.25) is 0 Å². The van der Waals surface area contributed by atoms with Crippen molar-refractivity contribution in [2.75, 3.05) is 0 Å². The SMILES string of the molecule is OCc1ccccc1/C=C\c1ccccc1/C=C\c1ccccc1CO. The Balaban J connectivity index is 1.89. The van der Waals surface area contributed by atoms with Gasteiger partial charge in [0.15, 0.2) is 0 Å². The van der Waals surface area contributed by atoms with Crippen LogP contribution in [0.2, 0.25) is 0 Å². The molecule has 2 nitrogen and oxygen atoms in total. The average Bonchev–Trinajstić information content (AvgIpc) is 2.71. The fourth-order valence-corrected chi connectivity index (χ4v) is 2.86. The highest BCUT2D eigenvalue weighted by atomic mass is 16.3. The smallest absolute Gasteiger partial charge is 0.0687 e. The Hall–Kier alpha value is -2.94. The zero-order valence-corrected chi connectivity index (χ0v) is 14.5. The predicted molar refractivity (Wildman–Crippen MR) is 109 cm³/mol. The molecule has 0 heterocycles. The molecule has 0 saturated heterocycles. The van der Waals surface area contributed by atoms with Crippen molar-refractivity contribution in [3.05, 3.63) is 106 Å². The molecule has 3 aromatic rings. The fraction of sp³-hybridized carbons (Fsp3) is 0.0833. The molecule has 0 unspecified atom stereocenters. The van der Waals surface area contributed by atoms with Crippen LogP contribution >= 0.6 is 0 Å². The molecule has 0 saturated carbocycles. The molecule has 130 valence electrons. The third kappa shape index (κ3) is 4.37. The van der Waals surface area contributed by atoms with Gasteiger partial charge < -0.3 is 10.2 Å². The number of rotatable bonds is 6. The molecule has 3 aromatic carbocycles. The highest BCUT2D eigenvalue weighted by molar-refractivity contribution is 5.80. The number of hydrogen-bond acceptors (Lipinski definition) is 2. The molecular formula is C24H22O2. The normalized spacial score (nSPS) is 11.5. The van der Waals surface area contributed by atoms with Gasteiger partial charge in [0.25, 0.3) is 0 Å². The van der Waals surface area contributed by atoms with E-state index in [1.165, 1.54) is 0 Å². The lowest BCUT2D eigenvalue weighted by Crippen LogP contribution is -1.88. The summed E-state index contributed by atoms with van der Waals surface area (Å²) in [5, 5.41) is 18.9. The minimum absolute atomic E-state index is 0.0278. The molecule has 2 N–H and O–H groups in total. The van der Waals surface area contributed by atoms with Crippen molar-refractivity contribution in [1.82, 2.24) is 0 Å². The monoisotopic (exact) mass is 342 g/mol. The second kappa shape index (κ2) is 8.95. The summed E-state index contributed by atoms with van der Waals surface area (Å²) < 4.78 is 0. The van der Waals surface area contributed by atoms with Gasteiger partial charge in [0.2, 0.25) is 0 Å². The van der Waals surface area contributed by atoms with Gasteiger partial charge in [-0.1, -0.05) is 97.1 Å². The van der Waals surface area contributed by atoms with Gasteiger partial charge >= 0.3 is 0 Å². The van der Waals surface area contributed by atoms with Gasteiger partial charge in [-0.05, 0) is 33.4 Å². The first-order valence-electron chi connectivity index (χ1n) is 8.64. The van der Waals surface area contributed by atoms with Crippen LogP contribution in [-0.2, 0) is 13.2 Å². The first-order chi connectivity index (χ1) is 12.8. The largest absolute Gasteiger partial charge is 0.392 e. The van der Waals surface area contributed by atoms with Gasteiger partial charge in [-0.15, -0.1) is 0 Å². The molecule has 0 radical (unpaired) electrons. The molecule has 0 bridgehead atoms. The maximum Gasteiger partial charge on any atom is 0.0687 e. The van der Waals surface area contributed by atoms with Crippen LogP contribution < -0.4 is 0 Å². The lowest BCUT2D eigenvalue weighted by atomic mass is 10.0. The minimum Gasteiger partial charge on any atom is -0.392 e. The number of hydrogen-bond donors (Lipinski definition) is 2. The van der Waals surface area contributed by atoms with Gasteiger partial charge in [0, 0.05) is 0 Å². The van der Waals surface area contributed by atoms with Gasteiger partial charge in [-0.2, -0.15) is 0 Å². The van der Waals surface area contributed by atoms with E-state index >= 15 is 0 Å². The first-order valence-corrected chi connectivity index (χ1v) is 8.64. The Kier molecular flexibility index (Phi) is 6.15. The summed E-state index contributed by atoms with van der Waals surface area (Å²) in [4.78, 5) is 0. The van der Waals surface area contributed by atoms with Crippen LogP contribution in [0.15, 0.2) is 72.8 Å². The van der Waals surface area contributed by atoms with Gasteiger partial charge in [0.05, 0.1) is 13.2 Å². The summed E-state index contributed by atoms with van der Waals surface area (Å²) >= 11 is 0. The molecule has 0 spiro atoms. The Bertz CT molecular complexity index is 846. The minimum atomic E-state index is 0.0278. The third-order valence-electron chi connectivity index (χ3n) is 4.33. The van der Waals surface area contributed by atoms with Crippen molar-refractivity contribution in [3.8, 4) is 0 Å². The van der Waals surface area contributed by atoms with Gasteiger partial charge in [-0.25, -0.2) is 0 Å². The Labute approximate surface area is 154 Å². The van der Waals surface area contributed by atoms with E-state index in [2.05, 4.69) is 24.3 Å². The van der Waals surface area contributed by atoms with E-state index < -0.39 is 0 Å². The maximum absolute atomic E-state index is 9.46. The molecule has 0 amide bonds. The highest BCUT2D eigenvalue weighted by Gasteiger charge is 2.00. The van der Waals surface area contributed by atoms with Crippen molar-refractivity contribution in [2.45, 2.75) is 13.2 Å². The topological polar surface area (TPSA) is 40.5 Å². The number of aliphatic hydroxyl groups is 2. The molecular weight excluding hydrogens is 320 g/mol. The van der Waals surface area contributed by atoms with E-state index in [1.54, 1.807) is 0 Å². The quantitative estimate of drug-likeness (QED) is 0.618. The summed E-state index contributed by atoms with van der Waals surface area (Å²) in [6.07, 6.45) is 8.18. The predicted octanol–water partition coefficient (Wildman–Crippen LogP) is 5.01. The Morgan fingerprint density at radius 1 is 0.462 bits per heavy atom. The van der Waals surface area contributed by atoms with Crippen LogP contribution in [0, 0.1) is 0 Å². The van der Waals surface area contributed by atoms with Crippen LogP contribution in [0.1, 0.15) is 33.4 Å². The van der Waals surface area contributed by atoms with Crippen LogP contribution in [0.3, 0.4) is 0 Å². The zero-order chi connectivity index (χ0) is 18.2. The van der Waals surface area contributed by atoms with Crippen molar-refractivity contribution >= 4 is 24.3 Å². The summed E-state index contributed by atoms with van der Waals surface area (Å²) in [6, 6.07) is 23.8. The average molecular weight is 342 g/mol. The summed E-state index contributed by atoms with van der Waals surface area (Å²) in [6.45, 7) is 0.0556. The molecule has 26 heavy (non-hydrogen) atoms. The molecule has 0 fully saturated rings. The summed E-state index contributed by atoms with van der Waals surface area (Å²) in [7, 11) is 0. The van der Waals surface area contributed by atoms with Crippen LogP contribution in [-0.4, -0.2) is 10.2 Å². The maximum atomic E-state index is 9.46. The van der Waals surface area contributed by atoms with Crippen molar-refractivity contribution in [3.63, 3.8) is 0 Å². The molecule has 0 aromatic heterocycles. The molecule has 0 atom stereocenters. The van der Waals surface area contributed by atoms with Crippen LogP contribution in [0.4, 0.5) is 0 Å². The van der Waals surface area contributed by atoms with E-state index in [-0.39, 0.29) is 13.2 Å². The molecule has 2 heteroatoms.